The summed E-state index contributed by atoms with van der Waals surface area (Å²) in [4.78, 5) is 26.0. The second-order valence-electron chi connectivity index (χ2n) is 6.80. The number of aryl methyl sites for hydroxylation is 1. The SMILES string of the molecule is CC(=O)c1cnn2c(C3CCNCC3)cc(=O)[nH]c12.CCc1ccccc1. The van der Waals surface area contributed by atoms with Crippen LogP contribution in [0.15, 0.2) is 47.4 Å². The molecule has 0 saturated carbocycles. The number of carbonyl (C=O) groups is 1. The Morgan fingerprint density at radius 3 is 2.52 bits per heavy atom. The van der Waals surface area contributed by atoms with E-state index < -0.39 is 0 Å². The van der Waals surface area contributed by atoms with Crippen LogP contribution >= 0.6 is 0 Å². The van der Waals surface area contributed by atoms with E-state index in [1.807, 2.05) is 6.07 Å². The van der Waals surface area contributed by atoms with Gasteiger partial charge in [0, 0.05) is 12.0 Å². The monoisotopic (exact) mass is 366 g/mol. The number of rotatable bonds is 3. The van der Waals surface area contributed by atoms with Crippen molar-refractivity contribution in [2.45, 2.75) is 39.0 Å². The van der Waals surface area contributed by atoms with Crippen LogP contribution in [0.4, 0.5) is 0 Å². The van der Waals surface area contributed by atoms with Crippen molar-refractivity contribution < 1.29 is 4.79 Å². The Morgan fingerprint density at radius 1 is 1.22 bits per heavy atom. The number of nitrogens with one attached hydrogen (secondary N) is 2. The number of ketones is 1. The van der Waals surface area contributed by atoms with E-state index in [0.717, 1.165) is 38.0 Å². The number of benzene rings is 1. The lowest BCUT2D eigenvalue weighted by Crippen LogP contribution is -2.28. The third kappa shape index (κ3) is 4.52. The molecular formula is C21H26N4O2. The van der Waals surface area contributed by atoms with Gasteiger partial charge in [0.15, 0.2) is 5.78 Å². The molecule has 1 aromatic carbocycles. The first kappa shape index (κ1) is 19.0. The Hall–Kier alpha value is -2.73. The van der Waals surface area contributed by atoms with E-state index in [9.17, 15) is 9.59 Å². The summed E-state index contributed by atoms with van der Waals surface area (Å²) in [5, 5.41) is 7.56. The third-order valence-corrected chi connectivity index (χ3v) is 4.92. The van der Waals surface area contributed by atoms with Crippen molar-refractivity contribution in [2.24, 2.45) is 0 Å². The summed E-state index contributed by atoms with van der Waals surface area (Å²) in [6.07, 6.45) is 4.63. The van der Waals surface area contributed by atoms with Crippen LogP contribution in [0.3, 0.4) is 0 Å². The Morgan fingerprint density at radius 2 is 1.93 bits per heavy atom. The molecule has 3 heterocycles. The minimum atomic E-state index is -0.177. The summed E-state index contributed by atoms with van der Waals surface area (Å²) >= 11 is 0. The largest absolute Gasteiger partial charge is 0.317 e. The lowest BCUT2D eigenvalue weighted by atomic mass is 9.94. The maximum absolute atomic E-state index is 11.8. The van der Waals surface area contributed by atoms with E-state index in [0.29, 0.717) is 17.1 Å². The standard InChI is InChI=1S/C13H16N4O2.C8H10/c1-8(18)10-7-15-17-11(6-12(19)16-13(10)17)9-2-4-14-5-3-9;1-2-8-6-4-3-5-7-8/h6-7,9,14H,2-5H2,1H3,(H,16,19);3-7H,2H2,1H3. The zero-order valence-corrected chi connectivity index (χ0v) is 15.9. The summed E-state index contributed by atoms with van der Waals surface area (Å²) in [6.45, 7) is 5.53. The highest BCUT2D eigenvalue weighted by Gasteiger charge is 2.21. The summed E-state index contributed by atoms with van der Waals surface area (Å²) < 4.78 is 1.70. The van der Waals surface area contributed by atoms with Crippen LogP contribution in [-0.2, 0) is 6.42 Å². The van der Waals surface area contributed by atoms with E-state index in [-0.39, 0.29) is 11.3 Å². The van der Waals surface area contributed by atoms with Gasteiger partial charge in [0.05, 0.1) is 17.5 Å². The van der Waals surface area contributed by atoms with Crippen LogP contribution in [-0.4, -0.2) is 33.5 Å². The minimum Gasteiger partial charge on any atom is -0.317 e. The van der Waals surface area contributed by atoms with Gasteiger partial charge in [-0.15, -0.1) is 0 Å². The second kappa shape index (κ2) is 8.77. The van der Waals surface area contributed by atoms with Gasteiger partial charge in [-0.1, -0.05) is 37.3 Å². The van der Waals surface area contributed by atoms with Crippen molar-refractivity contribution in [1.82, 2.24) is 19.9 Å². The molecule has 1 aliphatic heterocycles. The van der Waals surface area contributed by atoms with Crippen molar-refractivity contribution in [1.29, 1.82) is 0 Å². The molecule has 0 atom stereocenters. The molecule has 142 valence electrons. The number of aromatic amines is 1. The number of hydrogen-bond donors (Lipinski definition) is 2. The third-order valence-electron chi connectivity index (χ3n) is 4.92. The van der Waals surface area contributed by atoms with Crippen molar-refractivity contribution in [3.05, 3.63) is 69.8 Å². The normalized spacial score (nSPS) is 14.6. The van der Waals surface area contributed by atoms with Crippen molar-refractivity contribution >= 4 is 11.4 Å². The number of fused-ring (bicyclic) bond motifs is 1. The number of nitrogens with zero attached hydrogens (tertiary/aromatic N) is 2. The fourth-order valence-corrected chi connectivity index (χ4v) is 3.39. The molecule has 2 aromatic heterocycles. The van der Waals surface area contributed by atoms with Crippen molar-refractivity contribution in [3.8, 4) is 0 Å². The molecular weight excluding hydrogens is 340 g/mol. The van der Waals surface area contributed by atoms with Gasteiger partial charge in [0.1, 0.15) is 5.65 Å². The van der Waals surface area contributed by atoms with E-state index in [4.69, 9.17) is 0 Å². The van der Waals surface area contributed by atoms with Crippen LogP contribution in [0.1, 0.15) is 54.2 Å². The van der Waals surface area contributed by atoms with Gasteiger partial charge >= 0.3 is 0 Å². The first-order valence-electron chi connectivity index (χ1n) is 9.46. The number of Topliss-reactive ketones (excluding diaryl/α,β-unsaturated/α-hetero) is 1. The van der Waals surface area contributed by atoms with E-state index in [2.05, 4.69) is 46.6 Å². The zero-order valence-electron chi connectivity index (χ0n) is 15.9. The molecule has 2 N–H and O–H groups in total. The maximum Gasteiger partial charge on any atom is 0.251 e. The van der Waals surface area contributed by atoms with Crippen LogP contribution in [0.5, 0.6) is 0 Å². The minimum absolute atomic E-state index is 0.0897. The molecule has 3 aromatic rings. The predicted molar refractivity (Wildman–Crippen MR) is 106 cm³/mol. The molecule has 0 spiro atoms. The summed E-state index contributed by atoms with van der Waals surface area (Å²) in [5.41, 5.74) is 3.10. The Labute approximate surface area is 158 Å². The van der Waals surface area contributed by atoms with E-state index >= 15 is 0 Å². The molecule has 0 bridgehead atoms. The molecule has 1 aliphatic rings. The number of H-pyrrole nitrogens is 1. The first-order chi connectivity index (χ1) is 13.1. The highest BCUT2D eigenvalue weighted by Crippen LogP contribution is 2.24. The predicted octanol–water partition coefficient (Wildman–Crippen LogP) is 2.94. The number of aromatic nitrogens is 3. The topological polar surface area (TPSA) is 79.3 Å². The highest BCUT2D eigenvalue weighted by atomic mass is 16.1. The molecule has 0 unspecified atom stereocenters. The summed E-state index contributed by atoms with van der Waals surface area (Å²) in [6, 6.07) is 12.1. The smallest absolute Gasteiger partial charge is 0.251 e. The van der Waals surface area contributed by atoms with Gasteiger partial charge in [-0.2, -0.15) is 5.10 Å². The Kier molecular flexibility index (Phi) is 6.19. The van der Waals surface area contributed by atoms with Gasteiger partial charge in [0.2, 0.25) is 0 Å². The fourth-order valence-electron chi connectivity index (χ4n) is 3.39. The summed E-state index contributed by atoms with van der Waals surface area (Å²) in [5.74, 6) is 0.221. The highest BCUT2D eigenvalue weighted by molar-refractivity contribution is 5.99. The van der Waals surface area contributed by atoms with Crippen LogP contribution in [0.25, 0.3) is 5.65 Å². The van der Waals surface area contributed by atoms with Crippen LogP contribution < -0.4 is 10.9 Å². The lowest BCUT2D eigenvalue weighted by molar-refractivity contribution is 0.101. The fraction of sp³-hybridized carbons (Fsp3) is 0.381. The van der Waals surface area contributed by atoms with Gasteiger partial charge < -0.3 is 10.3 Å². The molecule has 0 aliphatic carbocycles. The number of carbonyl (C=O) groups excluding carboxylic acids is 1. The molecule has 6 heteroatoms. The van der Waals surface area contributed by atoms with Gasteiger partial charge in [0.25, 0.3) is 5.56 Å². The quantitative estimate of drug-likeness (QED) is 0.699. The lowest BCUT2D eigenvalue weighted by Gasteiger charge is -2.23. The molecule has 1 fully saturated rings. The van der Waals surface area contributed by atoms with Gasteiger partial charge in [-0.3, -0.25) is 9.59 Å². The average Bonchev–Trinajstić information content (AvgIpc) is 3.13. The molecule has 1 saturated heterocycles. The van der Waals surface area contributed by atoms with Crippen molar-refractivity contribution in [2.75, 3.05) is 13.1 Å². The number of hydrogen-bond acceptors (Lipinski definition) is 4. The van der Waals surface area contributed by atoms with E-state index in [1.165, 1.54) is 18.7 Å². The van der Waals surface area contributed by atoms with Crippen LogP contribution in [0, 0.1) is 0 Å². The maximum atomic E-state index is 11.8. The Balaban J connectivity index is 0.000000221. The van der Waals surface area contributed by atoms with Crippen LogP contribution in [0.2, 0.25) is 0 Å². The molecule has 0 amide bonds. The molecule has 4 rings (SSSR count). The first-order valence-corrected chi connectivity index (χ1v) is 9.46. The van der Waals surface area contributed by atoms with Crippen molar-refractivity contribution in [3.63, 3.8) is 0 Å². The van der Waals surface area contributed by atoms with E-state index in [1.54, 1.807) is 10.6 Å². The molecule has 27 heavy (non-hydrogen) atoms. The molecule has 6 nitrogen and oxygen atoms in total. The van der Waals surface area contributed by atoms with Gasteiger partial charge in [-0.05, 0) is 44.8 Å². The zero-order chi connectivity index (χ0) is 19.2. The number of piperidine rings is 1. The summed E-state index contributed by atoms with van der Waals surface area (Å²) in [7, 11) is 0. The Bertz CT molecular complexity index is 953. The van der Waals surface area contributed by atoms with Gasteiger partial charge in [-0.25, -0.2) is 4.52 Å². The second-order valence-corrected chi connectivity index (χ2v) is 6.80. The average molecular weight is 366 g/mol. The molecule has 0 radical (unpaired) electrons.